The molecule has 18 heavy (non-hydrogen) atoms. The fraction of sp³-hybridized carbons (Fsp3) is 0.643. The number of amides is 1. The molecule has 1 heterocycles. The second kappa shape index (κ2) is 9.56. The van der Waals surface area contributed by atoms with E-state index < -0.39 is 0 Å². The van der Waals surface area contributed by atoms with E-state index in [1.54, 1.807) is 0 Å². The van der Waals surface area contributed by atoms with E-state index in [9.17, 15) is 4.79 Å². The first-order valence-corrected chi connectivity index (χ1v) is 8.44. The summed E-state index contributed by atoms with van der Waals surface area (Å²) in [5.74, 6) is 0.0443. The Labute approximate surface area is 122 Å². The van der Waals surface area contributed by atoms with E-state index in [-0.39, 0.29) is 5.91 Å². The highest BCUT2D eigenvalue weighted by Crippen LogP contribution is 2.22. The molecule has 1 aromatic heterocycles. The van der Waals surface area contributed by atoms with Crippen LogP contribution in [0.25, 0.3) is 0 Å². The maximum atomic E-state index is 11.8. The monoisotopic (exact) mass is 331 g/mol. The maximum absolute atomic E-state index is 11.8. The van der Waals surface area contributed by atoms with Gasteiger partial charge < -0.3 is 5.32 Å². The van der Waals surface area contributed by atoms with Crippen LogP contribution in [-0.2, 0) is 0 Å². The molecule has 4 heteroatoms. The summed E-state index contributed by atoms with van der Waals surface area (Å²) in [6.45, 7) is 3.02. The largest absolute Gasteiger partial charge is 0.351 e. The molecule has 0 aliphatic carbocycles. The van der Waals surface area contributed by atoms with Gasteiger partial charge in [0.15, 0.2) is 0 Å². The van der Waals surface area contributed by atoms with Gasteiger partial charge in [0.25, 0.3) is 5.91 Å². The van der Waals surface area contributed by atoms with Crippen LogP contribution in [0.4, 0.5) is 0 Å². The molecule has 1 amide bonds. The average Bonchev–Trinajstić information content (AvgIpc) is 2.79. The van der Waals surface area contributed by atoms with Gasteiger partial charge in [0.1, 0.15) is 4.88 Å². The Bertz CT molecular complexity index is 351. The highest BCUT2D eigenvalue weighted by Gasteiger charge is 2.09. The summed E-state index contributed by atoms with van der Waals surface area (Å²) in [5, 5.41) is 4.89. The zero-order valence-corrected chi connectivity index (χ0v) is 13.4. The molecule has 1 rings (SSSR count). The van der Waals surface area contributed by atoms with Crippen LogP contribution in [0, 0.1) is 0 Å². The number of hydrogen-bond acceptors (Lipinski definition) is 2. The van der Waals surface area contributed by atoms with Gasteiger partial charge in [-0.05, 0) is 33.8 Å². The van der Waals surface area contributed by atoms with Gasteiger partial charge in [0, 0.05) is 11.0 Å². The van der Waals surface area contributed by atoms with Crippen molar-refractivity contribution in [2.75, 3.05) is 6.54 Å². The van der Waals surface area contributed by atoms with Crippen molar-refractivity contribution in [2.24, 2.45) is 0 Å². The number of carbonyl (C=O) groups excluding carboxylic acids is 1. The van der Waals surface area contributed by atoms with Crippen molar-refractivity contribution in [2.45, 2.75) is 51.9 Å². The van der Waals surface area contributed by atoms with E-state index in [1.807, 2.05) is 11.4 Å². The van der Waals surface area contributed by atoms with E-state index in [2.05, 4.69) is 28.2 Å². The predicted molar refractivity (Wildman–Crippen MR) is 82.3 cm³/mol. The summed E-state index contributed by atoms with van der Waals surface area (Å²) in [6.07, 6.45) is 8.92. The molecule has 0 atom stereocenters. The minimum atomic E-state index is 0.0443. The zero-order valence-electron chi connectivity index (χ0n) is 11.0. The molecule has 102 valence electrons. The van der Waals surface area contributed by atoms with E-state index >= 15 is 0 Å². The molecule has 0 unspecified atom stereocenters. The smallest absolute Gasteiger partial charge is 0.262 e. The van der Waals surface area contributed by atoms with Gasteiger partial charge in [-0.2, -0.15) is 0 Å². The van der Waals surface area contributed by atoms with Crippen LogP contribution in [0.2, 0.25) is 0 Å². The Morgan fingerprint density at radius 3 is 2.50 bits per heavy atom. The second-order valence-corrected chi connectivity index (χ2v) is 6.25. The Morgan fingerprint density at radius 1 is 1.22 bits per heavy atom. The minimum Gasteiger partial charge on any atom is -0.351 e. The molecule has 0 aromatic carbocycles. The number of hydrogen-bond donors (Lipinski definition) is 1. The normalized spacial score (nSPS) is 10.6. The van der Waals surface area contributed by atoms with Crippen LogP contribution in [0.1, 0.15) is 61.5 Å². The van der Waals surface area contributed by atoms with Crippen molar-refractivity contribution >= 4 is 33.2 Å². The third-order valence-electron chi connectivity index (χ3n) is 2.89. The summed E-state index contributed by atoms with van der Waals surface area (Å²) in [6, 6.07) is 1.91. The molecule has 0 bridgehead atoms. The number of rotatable bonds is 9. The first-order chi connectivity index (χ1) is 8.75. The third-order valence-corrected chi connectivity index (χ3v) is 4.73. The third kappa shape index (κ3) is 6.01. The predicted octanol–water partition coefficient (Wildman–Crippen LogP) is 4.99. The quantitative estimate of drug-likeness (QED) is 0.634. The van der Waals surface area contributed by atoms with Crippen LogP contribution >= 0.6 is 27.3 Å². The van der Waals surface area contributed by atoms with Crippen molar-refractivity contribution in [1.82, 2.24) is 5.32 Å². The Hall–Kier alpha value is -0.350. The molecule has 1 aromatic rings. The minimum absolute atomic E-state index is 0.0443. The van der Waals surface area contributed by atoms with Crippen molar-refractivity contribution in [3.05, 3.63) is 20.8 Å². The molecule has 0 saturated carbocycles. The van der Waals surface area contributed by atoms with Gasteiger partial charge in [0.2, 0.25) is 0 Å². The molecule has 0 saturated heterocycles. The van der Waals surface area contributed by atoms with Gasteiger partial charge in [-0.3, -0.25) is 4.79 Å². The first-order valence-electron chi connectivity index (χ1n) is 6.77. The second-order valence-electron chi connectivity index (χ2n) is 4.47. The average molecular weight is 332 g/mol. The Balaban J connectivity index is 2.01. The number of carbonyl (C=O) groups is 1. The van der Waals surface area contributed by atoms with Crippen molar-refractivity contribution in [3.8, 4) is 0 Å². The zero-order chi connectivity index (χ0) is 13.2. The fourth-order valence-corrected chi connectivity index (χ4v) is 3.29. The Morgan fingerprint density at radius 2 is 1.89 bits per heavy atom. The standard InChI is InChI=1S/C14H22BrNOS/c1-2-3-4-5-6-7-8-10-16-14(17)13-12(15)9-11-18-13/h9,11H,2-8,10H2,1H3,(H,16,17). The lowest BCUT2D eigenvalue weighted by atomic mass is 10.1. The lowest BCUT2D eigenvalue weighted by molar-refractivity contribution is 0.0956. The van der Waals surface area contributed by atoms with Crippen LogP contribution in [0.15, 0.2) is 15.9 Å². The summed E-state index contributed by atoms with van der Waals surface area (Å²) >= 11 is 4.85. The Kier molecular flexibility index (Phi) is 8.34. The number of unbranched alkanes of at least 4 members (excludes halogenated alkanes) is 6. The lowest BCUT2D eigenvalue weighted by Gasteiger charge is -2.04. The fourth-order valence-electron chi connectivity index (χ4n) is 1.82. The maximum Gasteiger partial charge on any atom is 0.262 e. The van der Waals surface area contributed by atoms with E-state index in [4.69, 9.17) is 0 Å². The molecule has 0 radical (unpaired) electrons. The first kappa shape index (κ1) is 15.7. The van der Waals surface area contributed by atoms with Gasteiger partial charge in [0.05, 0.1) is 0 Å². The summed E-state index contributed by atoms with van der Waals surface area (Å²) in [7, 11) is 0. The van der Waals surface area contributed by atoms with E-state index in [0.29, 0.717) is 0 Å². The number of halogens is 1. The molecule has 0 aliphatic heterocycles. The van der Waals surface area contributed by atoms with Gasteiger partial charge in [-0.15, -0.1) is 11.3 Å². The van der Waals surface area contributed by atoms with E-state index in [0.717, 1.165) is 22.3 Å². The van der Waals surface area contributed by atoms with Crippen LogP contribution in [0.3, 0.4) is 0 Å². The molecule has 2 nitrogen and oxygen atoms in total. The van der Waals surface area contributed by atoms with Crippen molar-refractivity contribution < 1.29 is 4.79 Å². The van der Waals surface area contributed by atoms with Gasteiger partial charge in [-0.1, -0.05) is 45.4 Å². The molecule has 1 N–H and O–H groups in total. The number of thiophene rings is 1. The highest BCUT2D eigenvalue weighted by atomic mass is 79.9. The highest BCUT2D eigenvalue weighted by molar-refractivity contribution is 9.10. The molecule has 0 aliphatic rings. The summed E-state index contributed by atoms with van der Waals surface area (Å²) < 4.78 is 0.893. The summed E-state index contributed by atoms with van der Waals surface area (Å²) in [4.78, 5) is 12.5. The lowest BCUT2D eigenvalue weighted by Crippen LogP contribution is -2.23. The van der Waals surface area contributed by atoms with E-state index in [1.165, 1.54) is 49.9 Å². The van der Waals surface area contributed by atoms with Gasteiger partial charge >= 0.3 is 0 Å². The van der Waals surface area contributed by atoms with Crippen LogP contribution in [0.5, 0.6) is 0 Å². The molecular formula is C14H22BrNOS. The van der Waals surface area contributed by atoms with Crippen LogP contribution < -0.4 is 5.32 Å². The topological polar surface area (TPSA) is 29.1 Å². The van der Waals surface area contributed by atoms with Gasteiger partial charge in [-0.25, -0.2) is 0 Å². The molecular weight excluding hydrogens is 310 g/mol. The van der Waals surface area contributed by atoms with Crippen LogP contribution in [-0.4, -0.2) is 12.5 Å². The summed E-state index contributed by atoms with van der Waals surface area (Å²) in [5.41, 5.74) is 0. The molecule has 0 spiro atoms. The van der Waals surface area contributed by atoms with Crippen molar-refractivity contribution in [3.63, 3.8) is 0 Å². The molecule has 0 fully saturated rings. The van der Waals surface area contributed by atoms with Crippen molar-refractivity contribution in [1.29, 1.82) is 0 Å². The number of nitrogens with one attached hydrogen (secondary N) is 1. The SMILES string of the molecule is CCCCCCCCCNC(=O)c1sccc1Br.